The van der Waals surface area contributed by atoms with Gasteiger partial charge in [0, 0.05) is 23.0 Å². The van der Waals surface area contributed by atoms with Crippen molar-refractivity contribution in [3.63, 3.8) is 0 Å². The van der Waals surface area contributed by atoms with Crippen LogP contribution < -0.4 is 30.7 Å². The quantitative estimate of drug-likeness (QED) is 0.128. The van der Waals surface area contributed by atoms with Gasteiger partial charge in [0.15, 0.2) is 8.07 Å². The number of hydrogen-bond donors (Lipinski definition) is 0. The molecule has 0 spiro atoms. The van der Waals surface area contributed by atoms with Crippen LogP contribution in [0.15, 0.2) is 231 Å². The first-order valence-corrected chi connectivity index (χ1v) is 30.0. The van der Waals surface area contributed by atoms with Gasteiger partial charge in [-0.05, 0) is 113 Å². The number of fused-ring (bicyclic) bond motifs is 15. The van der Waals surface area contributed by atoms with Gasteiger partial charge in [-0.15, -0.1) is 0 Å². The SMILES string of the molecule is CC1(C)c2ccccc2Oc2c([Si](c3ccccc3)(c3ccccc3)c3ccc4c(c3)-c3ccccc3-c3cccnc3-c3ccccc3-4)cc(-n3c4ccccc4n4c5ccccc5nc34)cc2[Si]1(C)C. The summed E-state index contributed by atoms with van der Waals surface area (Å²) in [5.74, 6) is 2.79. The van der Waals surface area contributed by atoms with Gasteiger partial charge in [0.2, 0.25) is 5.78 Å². The highest BCUT2D eigenvalue weighted by atomic mass is 28.3. The molecule has 344 valence electrons. The molecule has 0 radical (unpaired) electrons. The molecule has 0 N–H and O–H groups in total. The number of aromatic nitrogens is 4. The van der Waals surface area contributed by atoms with E-state index in [1.807, 2.05) is 6.20 Å². The Hall–Kier alpha value is -8.37. The zero-order valence-electron chi connectivity index (χ0n) is 40.6. The average molecular weight is 959 g/mol. The van der Waals surface area contributed by atoms with Crippen molar-refractivity contribution in [3.8, 4) is 61.8 Å². The summed E-state index contributed by atoms with van der Waals surface area (Å²) in [4.78, 5) is 10.5. The van der Waals surface area contributed by atoms with Crippen molar-refractivity contribution in [2.24, 2.45) is 0 Å². The summed E-state index contributed by atoms with van der Waals surface area (Å²) in [6, 6.07) is 83.2. The molecule has 3 aromatic heterocycles. The minimum atomic E-state index is -3.47. The fraction of sp³-hybridized carbons (Fsp3) is 0.0769. The first-order valence-electron chi connectivity index (χ1n) is 25.0. The lowest BCUT2D eigenvalue weighted by Gasteiger charge is -2.41. The van der Waals surface area contributed by atoms with Crippen molar-refractivity contribution in [3.05, 3.63) is 236 Å². The highest BCUT2D eigenvalue weighted by Gasteiger charge is 2.51. The molecule has 12 aromatic rings. The van der Waals surface area contributed by atoms with Gasteiger partial charge in [0.25, 0.3) is 0 Å². The molecule has 0 unspecified atom stereocenters. The molecule has 9 aromatic carbocycles. The topological polar surface area (TPSA) is 44.4 Å². The van der Waals surface area contributed by atoms with E-state index in [9.17, 15) is 0 Å². The van der Waals surface area contributed by atoms with Crippen LogP contribution in [-0.4, -0.2) is 35.1 Å². The smallest absolute Gasteiger partial charge is 0.220 e. The molecular weight excluding hydrogens is 909 g/mol. The van der Waals surface area contributed by atoms with E-state index in [0.29, 0.717) is 0 Å². The lowest BCUT2D eigenvalue weighted by atomic mass is 9.83. The third-order valence-corrected chi connectivity index (χ3v) is 26.4. The maximum atomic E-state index is 7.79. The lowest BCUT2D eigenvalue weighted by molar-refractivity contribution is 0.480. The normalized spacial score (nSPS) is 14.2. The molecule has 0 saturated heterocycles. The molecule has 5 nitrogen and oxygen atoms in total. The van der Waals surface area contributed by atoms with Gasteiger partial charge in [0.1, 0.15) is 11.5 Å². The van der Waals surface area contributed by atoms with Crippen LogP contribution in [0.5, 0.6) is 11.5 Å². The number of ether oxygens (including phenoxy) is 1. The number of benzene rings is 9. The van der Waals surface area contributed by atoms with Crippen LogP contribution in [0.25, 0.3) is 78.2 Å². The van der Waals surface area contributed by atoms with Crippen LogP contribution in [0, 0.1) is 0 Å². The van der Waals surface area contributed by atoms with Crippen LogP contribution >= 0.6 is 0 Å². The largest absolute Gasteiger partial charge is 0.457 e. The third-order valence-electron chi connectivity index (χ3n) is 16.5. The standard InChI is InChI=1S/C65H50N4OSi2/c1-65(2)54-31-15-20-36-59(54)70-63-60(71(65,3)4)40-43(68-57-34-18-19-35-58(57)69-56-33-17-16-32-55(56)67-64(68)69)41-61(63)72(44-22-7-5-8-23-44,45-24-9-6-10-25-45)46-37-38-50-48-27-13-14-29-51(48)62-52(30-21-39-66-62)47-26-11-12-28-49(47)53(50)42-46/h5-42H,1-4H3. The van der Waals surface area contributed by atoms with Crippen molar-refractivity contribution >= 4 is 69.9 Å². The van der Waals surface area contributed by atoms with Gasteiger partial charge in [-0.3, -0.25) is 14.0 Å². The van der Waals surface area contributed by atoms with Gasteiger partial charge in [-0.2, -0.15) is 0 Å². The minimum Gasteiger partial charge on any atom is -0.457 e. The Bertz CT molecular complexity index is 4110. The Morgan fingerprint density at radius 1 is 0.486 bits per heavy atom. The first-order chi connectivity index (χ1) is 35.2. The highest BCUT2D eigenvalue weighted by molar-refractivity contribution is 7.20. The van der Waals surface area contributed by atoms with Crippen LogP contribution in [0.1, 0.15) is 19.4 Å². The first kappa shape index (κ1) is 42.5. The monoisotopic (exact) mass is 958 g/mol. The van der Waals surface area contributed by atoms with Crippen LogP contribution in [0.2, 0.25) is 13.1 Å². The number of hydrogen-bond acceptors (Lipinski definition) is 3. The Morgan fingerprint density at radius 2 is 1.06 bits per heavy atom. The minimum absolute atomic E-state index is 0.213. The fourth-order valence-electron chi connectivity index (χ4n) is 12.3. The Labute approximate surface area is 421 Å². The third kappa shape index (κ3) is 5.92. The number of pyridine rings is 1. The number of nitrogens with zero attached hydrogens (tertiary/aromatic N) is 4. The number of imidazole rings is 2. The molecule has 72 heavy (non-hydrogen) atoms. The molecule has 7 heteroatoms. The summed E-state index contributed by atoms with van der Waals surface area (Å²) in [5, 5.41) is 6.11. The number of para-hydroxylation sites is 5. The van der Waals surface area contributed by atoms with E-state index in [0.717, 1.165) is 61.9 Å². The molecule has 1 aliphatic carbocycles. The second-order valence-corrected chi connectivity index (χ2v) is 29.3. The lowest BCUT2D eigenvalue weighted by Crippen LogP contribution is -2.75. The molecule has 14 rings (SSSR count). The second-order valence-electron chi connectivity index (χ2n) is 20.5. The zero-order chi connectivity index (χ0) is 48.3. The summed E-state index contributed by atoms with van der Waals surface area (Å²) in [7, 11) is -6.04. The highest BCUT2D eigenvalue weighted by Crippen LogP contribution is 2.48. The fourth-order valence-corrected chi connectivity index (χ4v) is 20.2. The zero-order valence-corrected chi connectivity index (χ0v) is 42.6. The van der Waals surface area contributed by atoms with E-state index in [1.54, 1.807) is 0 Å². The van der Waals surface area contributed by atoms with Gasteiger partial charge < -0.3 is 4.74 Å². The molecule has 0 saturated carbocycles. The molecule has 1 aliphatic heterocycles. The Morgan fingerprint density at radius 3 is 1.79 bits per heavy atom. The van der Waals surface area contributed by atoms with Crippen molar-refractivity contribution < 1.29 is 4.74 Å². The van der Waals surface area contributed by atoms with E-state index in [4.69, 9.17) is 14.7 Å². The maximum absolute atomic E-state index is 7.79. The predicted octanol–water partition coefficient (Wildman–Crippen LogP) is 12.7. The number of rotatable bonds is 5. The van der Waals surface area contributed by atoms with Gasteiger partial charge >= 0.3 is 0 Å². The van der Waals surface area contributed by atoms with Crippen molar-refractivity contribution in [1.82, 2.24) is 18.9 Å². The van der Waals surface area contributed by atoms with Crippen molar-refractivity contribution in [1.29, 1.82) is 0 Å². The van der Waals surface area contributed by atoms with Crippen molar-refractivity contribution in [2.45, 2.75) is 32.0 Å². The van der Waals surface area contributed by atoms with E-state index >= 15 is 0 Å². The molecule has 0 amide bonds. The molecule has 0 bridgehead atoms. The summed E-state index contributed by atoms with van der Waals surface area (Å²) in [6.45, 7) is 10.0. The molecule has 2 aliphatic rings. The van der Waals surface area contributed by atoms with E-state index < -0.39 is 16.1 Å². The predicted molar refractivity (Wildman–Crippen MR) is 303 cm³/mol. The van der Waals surface area contributed by atoms with Gasteiger partial charge in [-0.25, -0.2) is 4.98 Å². The molecular formula is C65H50N4OSi2. The van der Waals surface area contributed by atoms with E-state index in [-0.39, 0.29) is 5.04 Å². The Kier molecular flexibility index (Phi) is 9.34. The van der Waals surface area contributed by atoms with E-state index in [2.05, 4.69) is 260 Å². The summed E-state index contributed by atoms with van der Waals surface area (Å²) in [5.41, 5.74) is 15.7. The Balaban J connectivity index is 1.17. The average Bonchev–Trinajstić information content (AvgIpc) is 3.95. The van der Waals surface area contributed by atoms with Crippen LogP contribution in [-0.2, 0) is 5.04 Å². The van der Waals surface area contributed by atoms with Gasteiger partial charge in [-0.1, -0.05) is 203 Å². The molecule has 4 heterocycles. The second kappa shape index (κ2) is 15.8. The van der Waals surface area contributed by atoms with Crippen molar-refractivity contribution in [2.75, 3.05) is 0 Å². The summed E-state index contributed by atoms with van der Waals surface area (Å²) in [6.07, 6.45) is 1.92. The maximum Gasteiger partial charge on any atom is 0.220 e. The van der Waals surface area contributed by atoms with Crippen LogP contribution in [0.4, 0.5) is 0 Å². The van der Waals surface area contributed by atoms with E-state index in [1.165, 1.54) is 59.3 Å². The van der Waals surface area contributed by atoms with Gasteiger partial charge in [0.05, 0.1) is 35.8 Å². The van der Waals surface area contributed by atoms with Crippen LogP contribution in [0.3, 0.4) is 0 Å². The summed E-state index contributed by atoms with van der Waals surface area (Å²) >= 11 is 0. The molecule has 0 fully saturated rings. The summed E-state index contributed by atoms with van der Waals surface area (Å²) < 4.78 is 12.6. The molecule has 0 atom stereocenters.